The summed E-state index contributed by atoms with van der Waals surface area (Å²) in [5.41, 5.74) is 7.50. The normalized spacial score (nSPS) is 14.9. The van der Waals surface area contributed by atoms with Gasteiger partial charge in [0.1, 0.15) is 6.10 Å². The van der Waals surface area contributed by atoms with Crippen LogP contribution in [0.4, 0.5) is 8.78 Å². The fraction of sp³-hybridized carbons (Fsp3) is 0.619. The van der Waals surface area contributed by atoms with Crippen molar-refractivity contribution in [1.82, 2.24) is 10.6 Å². The highest BCUT2D eigenvalue weighted by Crippen LogP contribution is 2.23. The largest absolute Gasteiger partial charge is 0.385 e. The number of aliphatic hydroxyl groups excluding tert-OH is 1. The van der Waals surface area contributed by atoms with Crippen molar-refractivity contribution >= 4 is 11.8 Å². The lowest BCUT2D eigenvalue weighted by Crippen LogP contribution is -2.53. The van der Waals surface area contributed by atoms with Crippen LogP contribution in [0.5, 0.6) is 0 Å². The topological polar surface area (TPSA) is 104 Å². The number of halogens is 2. The predicted octanol–water partition coefficient (Wildman–Crippen LogP) is 2.44. The smallest absolute Gasteiger partial charge is 0.291 e. The van der Waals surface area contributed by atoms with Gasteiger partial charge in [-0.3, -0.25) is 9.59 Å². The van der Waals surface area contributed by atoms with E-state index >= 15 is 0 Å². The number of aryl methyl sites for hydroxylation is 1. The molecule has 1 rings (SSSR count). The van der Waals surface area contributed by atoms with Crippen LogP contribution >= 0.6 is 0 Å². The molecule has 0 saturated carbocycles. The Hall–Kier alpha value is -2.06. The van der Waals surface area contributed by atoms with Gasteiger partial charge < -0.3 is 21.5 Å². The van der Waals surface area contributed by atoms with Gasteiger partial charge in [0, 0.05) is 19.4 Å². The maximum absolute atomic E-state index is 14.2. The van der Waals surface area contributed by atoms with Gasteiger partial charge in [-0.2, -0.15) is 0 Å². The van der Waals surface area contributed by atoms with Crippen LogP contribution in [0.3, 0.4) is 0 Å². The number of nitrogens with one attached hydrogen (secondary N) is 2. The van der Waals surface area contributed by atoms with E-state index < -0.39 is 36.6 Å². The molecule has 0 radical (unpaired) electrons. The van der Waals surface area contributed by atoms with Crippen molar-refractivity contribution in [3.05, 3.63) is 35.4 Å². The average molecular weight is 414 g/mol. The molecule has 0 heterocycles. The van der Waals surface area contributed by atoms with Crippen LogP contribution in [0.1, 0.15) is 57.2 Å². The van der Waals surface area contributed by atoms with Gasteiger partial charge in [-0.1, -0.05) is 43.7 Å². The minimum atomic E-state index is -3.53. The number of hydrogen-bond acceptors (Lipinski definition) is 4. The van der Waals surface area contributed by atoms with Gasteiger partial charge in [0.25, 0.3) is 5.92 Å². The van der Waals surface area contributed by atoms with Crippen LogP contribution in [0.25, 0.3) is 0 Å². The third-order valence-corrected chi connectivity index (χ3v) is 4.59. The van der Waals surface area contributed by atoms with Gasteiger partial charge >= 0.3 is 0 Å². The van der Waals surface area contributed by atoms with Crippen LogP contribution < -0.4 is 16.4 Å². The second-order valence-corrected chi connectivity index (χ2v) is 7.98. The molecule has 0 aliphatic heterocycles. The minimum absolute atomic E-state index is 0.0525. The zero-order chi connectivity index (χ0) is 22.2. The van der Waals surface area contributed by atoms with E-state index in [4.69, 9.17) is 5.73 Å². The lowest BCUT2D eigenvalue weighted by molar-refractivity contribution is -0.132. The molecule has 0 bridgehead atoms. The van der Waals surface area contributed by atoms with E-state index in [0.717, 1.165) is 11.1 Å². The number of carbonyl (C=O) groups is 2. The molecule has 1 aromatic rings. The maximum Gasteiger partial charge on any atom is 0.291 e. The van der Waals surface area contributed by atoms with Gasteiger partial charge in [-0.15, -0.1) is 0 Å². The molecule has 8 heteroatoms. The Bertz CT molecular complexity index is 683. The van der Waals surface area contributed by atoms with Crippen molar-refractivity contribution < 1.29 is 23.5 Å². The van der Waals surface area contributed by atoms with Crippen LogP contribution in [-0.4, -0.2) is 41.5 Å². The minimum Gasteiger partial charge on any atom is -0.385 e. The monoisotopic (exact) mass is 413 g/mol. The van der Waals surface area contributed by atoms with Crippen LogP contribution in [0.2, 0.25) is 0 Å². The van der Waals surface area contributed by atoms with Crippen molar-refractivity contribution in [3.8, 4) is 0 Å². The van der Waals surface area contributed by atoms with Crippen molar-refractivity contribution in [2.45, 2.75) is 71.1 Å². The molecular weight excluding hydrogens is 380 g/mol. The molecule has 0 aromatic heterocycles. The van der Waals surface area contributed by atoms with Crippen LogP contribution in [0.15, 0.2) is 24.3 Å². The number of alkyl halides is 2. The zero-order valence-corrected chi connectivity index (χ0v) is 17.5. The first kappa shape index (κ1) is 25.0. The summed E-state index contributed by atoms with van der Waals surface area (Å²) in [5.74, 6) is -4.29. The van der Waals surface area contributed by atoms with Gasteiger partial charge in [0.05, 0.1) is 12.6 Å². The molecule has 0 saturated heterocycles. The van der Waals surface area contributed by atoms with Crippen molar-refractivity contribution in [2.75, 3.05) is 6.54 Å². The molecule has 5 N–H and O–H groups in total. The Morgan fingerprint density at radius 2 is 1.93 bits per heavy atom. The fourth-order valence-electron chi connectivity index (χ4n) is 3.13. The van der Waals surface area contributed by atoms with Gasteiger partial charge in [0.15, 0.2) is 0 Å². The Balaban J connectivity index is 2.62. The second kappa shape index (κ2) is 11.2. The Morgan fingerprint density at radius 3 is 2.48 bits per heavy atom. The summed E-state index contributed by atoms with van der Waals surface area (Å²) < 4.78 is 28.3. The lowest BCUT2D eigenvalue weighted by Gasteiger charge is -2.28. The van der Waals surface area contributed by atoms with E-state index in [9.17, 15) is 23.5 Å². The molecular formula is C21H33F2N3O3. The van der Waals surface area contributed by atoms with Crippen LogP contribution in [0, 0.1) is 12.8 Å². The third-order valence-electron chi connectivity index (χ3n) is 4.59. The molecule has 0 aliphatic rings. The highest BCUT2D eigenvalue weighted by molar-refractivity contribution is 5.76. The van der Waals surface area contributed by atoms with Gasteiger partial charge in [0.2, 0.25) is 11.8 Å². The predicted molar refractivity (Wildman–Crippen MR) is 108 cm³/mol. The number of aliphatic hydroxyl groups is 1. The molecule has 2 amide bonds. The lowest BCUT2D eigenvalue weighted by atomic mass is 9.96. The van der Waals surface area contributed by atoms with Gasteiger partial charge in [-0.25, -0.2) is 8.78 Å². The zero-order valence-electron chi connectivity index (χ0n) is 17.5. The van der Waals surface area contributed by atoms with Crippen molar-refractivity contribution in [1.29, 1.82) is 0 Å². The summed E-state index contributed by atoms with van der Waals surface area (Å²) in [6.07, 6.45) is -1.58. The number of nitrogens with two attached hydrogens (primary N) is 1. The summed E-state index contributed by atoms with van der Waals surface area (Å²) in [4.78, 5) is 23.6. The number of amides is 2. The number of rotatable bonds is 11. The first-order chi connectivity index (χ1) is 13.4. The van der Waals surface area contributed by atoms with E-state index in [2.05, 4.69) is 10.6 Å². The summed E-state index contributed by atoms with van der Waals surface area (Å²) in [5, 5.41) is 14.8. The second-order valence-electron chi connectivity index (χ2n) is 7.98. The van der Waals surface area contributed by atoms with E-state index in [1.807, 2.05) is 45.0 Å². The summed E-state index contributed by atoms with van der Waals surface area (Å²) >= 11 is 0. The van der Waals surface area contributed by atoms with E-state index in [1.54, 1.807) is 0 Å². The molecule has 29 heavy (non-hydrogen) atoms. The fourth-order valence-corrected chi connectivity index (χ4v) is 3.13. The van der Waals surface area contributed by atoms with Crippen LogP contribution in [-0.2, 0) is 9.59 Å². The summed E-state index contributed by atoms with van der Waals surface area (Å²) in [6.45, 7) is 5.95. The van der Waals surface area contributed by atoms with Crippen molar-refractivity contribution in [2.24, 2.45) is 11.7 Å². The molecule has 164 valence electrons. The highest BCUT2D eigenvalue weighted by atomic mass is 19.3. The number of carbonyl (C=O) groups excluding carboxylic acids is 2. The molecule has 3 atom stereocenters. The number of hydrogen-bond donors (Lipinski definition) is 4. The van der Waals surface area contributed by atoms with E-state index in [1.165, 1.54) is 6.92 Å². The first-order valence-corrected chi connectivity index (χ1v) is 9.84. The van der Waals surface area contributed by atoms with E-state index in [-0.39, 0.29) is 31.1 Å². The molecule has 0 aliphatic carbocycles. The molecule has 3 unspecified atom stereocenters. The standard InChI is InChI=1S/C21H33F2N3O3/c1-13(2)10-17(24)20(29)21(22,23)12-25-19(28)9-8-18(26-15(4)27)16-7-5-6-14(3)11-16/h5-7,11,13,17-18,20,29H,8-10,12,24H2,1-4H3,(H,25,28)(H,26,27). The SMILES string of the molecule is CC(=O)NC(CCC(=O)NCC(F)(F)C(O)C(N)CC(C)C)c1cccc(C)c1. The summed E-state index contributed by atoms with van der Waals surface area (Å²) in [6, 6.07) is 6.03. The molecule has 0 fully saturated rings. The van der Waals surface area contributed by atoms with Crippen molar-refractivity contribution in [3.63, 3.8) is 0 Å². The van der Waals surface area contributed by atoms with E-state index in [0.29, 0.717) is 0 Å². The molecule has 6 nitrogen and oxygen atoms in total. The Kier molecular flexibility index (Phi) is 9.65. The first-order valence-electron chi connectivity index (χ1n) is 9.84. The number of benzene rings is 1. The Labute approximate surface area is 171 Å². The quantitative estimate of drug-likeness (QED) is 0.447. The van der Waals surface area contributed by atoms with Gasteiger partial charge in [-0.05, 0) is 31.2 Å². The highest BCUT2D eigenvalue weighted by Gasteiger charge is 2.42. The summed E-state index contributed by atoms with van der Waals surface area (Å²) in [7, 11) is 0. The Morgan fingerprint density at radius 1 is 1.28 bits per heavy atom. The molecule has 0 spiro atoms. The molecule has 1 aromatic carbocycles. The maximum atomic E-state index is 14.2. The third kappa shape index (κ3) is 8.87. The average Bonchev–Trinajstić information content (AvgIpc) is 2.62.